The summed E-state index contributed by atoms with van der Waals surface area (Å²) in [5.74, 6) is 0.933. The summed E-state index contributed by atoms with van der Waals surface area (Å²) in [5.41, 5.74) is 2.22. The van der Waals surface area contributed by atoms with Crippen molar-refractivity contribution in [1.29, 1.82) is 0 Å². The Morgan fingerprint density at radius 3 is 2.50 bits per heavy atom. The molecule has 2 nitrogen and oxygen atoms in total. The summed E-state index contributed by atoms with van der Waals surface area (Å²) >= 11 is 5.93. The Bertz CT molecular complexity index is 768. The van der Waals surface area contributed by atoms with Crippen LogP contribution in [0.2, 0.25) is 5.02 Å². The van der Waals surface area contributed by atoms with Gasteiger partial charge in [0.25, 0.3) is 0 Å². The molecule has 3 heteroatoms. The molecule has 0 spiro atoms. The molecule has 0 amide bonds. The maximum atomic E-state index is 5.93. The fourth-order valence-corrected chi connectivity index (χ4v) is 2.67. The van der Waals surface area contributed by atoms with E-state index in [1.807, 2.05) is 37.3 Å². The third kappa shape index (κ3) is 3.18. The predicted molar refractivity (Wildman–Crippen MR) is 93.9 cm³/mol. The van der Waals surface area contributed by atoms with Gasteiger partial charge in [-0.2, -0.15) is 0 Å². The lowest BCUT2D eigenvalue weighted by Gasteiger charge is -2.15. The van der Waals surface area contributed by atoms with Crippen molar-refractivity contribution in [2.24, 2.45) is 0 Å². The van der Waals surface area contributed by atoms with Gasteiger partial charge in [-0.05, 0) is 48.0 Å². The van der Waals surface area contributed by atoms with Crippen molar-refractivity contribution in [2.45, 2.75) is 13.5 Å². The fourth-order valence-electron chi connectivity index (χ4n) is 2.55. The van der Waals surface area contributed by atoms with Crippen LogP contribution in [0.1, 0.15) is 12.5 Å². The van der Waals surface area contributed by atoms with Crippen LogP contribution in [0.4, 0.5) is 5.69 Å². The van der Waals surface area contributed by atoms with Crippen molar-refractivity contribution in [3.05, 3.63) is 71.2 Å². The van der Waals surface area contributed by atoms with Gasteiger partial charge in [-0.15, -0.1) is 0 Å². The number of halogens is 1. The lowest BCUT2D eigenvalue weighted by molar-refractivity contribution is 0.337. The highest BCUT2D eigenvalue weighted by Gasteiger charge is 2.08. The van der Waals surface area contributed by atoms with Crippen LogP contribution in [-0.4, -0.2) is 6.61 Å². The quantitative estimate of drug-likeness (QED) is 0.671. The number of anilines is 1. The third-order valence-corrected chi connectivity index (χ3v) is 3.86. The molecule has 0 heterocycles. The fraction of sp³-hybridized carbons (Fsp3) is 0.158. The van der Waals surface area contributed by atoms with Crippen LogP contribution < -0.4 is 10.1 Å². The van der Waals surface area contributed by atoms with E-state index in [0.29, 0.717) is 13.2 Å². The molecule has 112 valence electrons. The first-order valence-corrected chi connectivity index (χ1v) is 7.78. The van der Waals surface area contributed by atoms with E-state index in [0.717, 1.165) is 16.5 Å². The number of fused-ring (bicyclic) bond motifs is 1. The Kier molecular flexibility index (Phi) is 4.50. The molecule has 0 aliphatic carbocycles. The molecular weight excluding hydrogens is 294 g/mol. The maximum Gasteiger partial charge on any atom is 0.124 e. The van der Waals surface area contributed by atoms with Crippen LogP contribution in [0.15, 0.2) is 60.7 Å². The van der Waals surface area contributed by atoms with Crippen molar-refractivity contribution in [3.8, 4) is 5.75 Å². The summed E-state index contributed by atoms with van der Waals surface area (Å²) in [4.78, 5) is 0. The number of nitrogens with one attached hydrogen (secondary N) is 1. The van der Waals surface area contributed by atoms with Gasteiger partial charge < -0.3 is 10.1 Å². The smallest absolute Gasteiger partial charge is 0.124 e. The van der Waals surface area contributed by atoms with Crippen molar-refractivity contribution in [2.75, 3.05) is 11.9 Å². The molecule has 0 saturated carbocycles. The third-order valence-electron chi connectivity index (χ3n) is 3.61. The molecule has 22 heavy (non-hydrogen) atoms. The van der Waals surface area contributed by atoms with Crippen molar-refractivity contribution in [3.63, 3.8) is 0 Å². The zero-order chi connectivity index (χ0) is 15.4. The highest BCUT2D eigenvalue weighted by Crippen LogP contribution is 2.29. The first-order chi connectivity index (χ1) is 10.8. The van der Waals surface area contributed by atoms with Crippen molar-refractivity contribution in [1.82, 2.24) is 0 Å². The van der Waals surface area contributed by atoms with Gasteiger partial charge in [-0.1, -0.05) is 41.9 Å². The van der Waals surface area contributed by atoms with Crippen molar-refractivity contribution >= 4 is 28.1 Å². The van der Waals surface area contributed by atoms with Crippen LogP contribution in [-0.2, 0) is 6.54 Å². The molecule has 3 aromatic rings. The lowest BCUT2D eigenvalue weighted by atomic mass is 10.0. The number of hydrogen-bond donors (Lipinski definition) is 1. The van der Waals surface area contributed by atoms with Gasteiger partial charge in [0.2, 0.25) is 0 Å². The summed E-state index contributed by atoms with van der Waals surface area (Å²) in [6.07, 6.45) is 0. The number of hydrogen-bond acceptors (Lipinski definition) is 2. The molecule has 3 aromatic carbocycles. The van der Waals surface area contributed by atoms with Crippen molar-refractivity contribution < 1.29 is 4.74 Å². The first-order valence-electron chi connectivity index (χ1n) is 7.41. The average molecular weight is 312 g/mol. The molecule has 0 unspecified atom stereocenters. The topological polar surface area (TPSA) is 21.3 Å². The van der Waals surface area contributed by atoms with Crippen LogP contribution in [0, 0.1) is 0 Å². The highest BCUT2D eigenvalue weighted by atomic mass is 35.5. The SMILES string of the molecule is CCOc1ccc2ccccc2c1CNc1ccc(Cl)cc1. The zero-order valence-electron chi connectivity index (χ0n) is 12.5. The normalized spacial score (nSPS) is 10.6. The van der Waals surface area contributed by atoms with Gasteiger partial charge in [-0.3, -0.25) is 0 Å². The molecule has 0 fully saturated rings. The molecular formula is C19H18ClNO. The van der Waals surface area contributed by atoms with E-state index >= 15 is 0 Å². The second kappa shape index (κ2) is 6.71. The second-order valence-electron chi connectivity index (χ2n) is 5.06. The maximum absolute atomic E-state index is 5.93. The minimum Gasteiger partial charge on any atom is -0.494 e. The number of ether oxygens (including phenoxy) is 1. The Morgan fingerprint density at radius 1 is 0.955 bits per heavy atom. The Labute approximate surface area is 135 Å². The molecule has 0 aliphatic heterocycles. The van der Waals surface area contributed by atoms with E-state index in [1.54, 1.807) is 0 Å². The number of rotatable bonds is 5. The standard InChI is InChI=1S/C19H18ClNO/c1-2-22-19-12-7-14-5-3-4-6-17(14)18(19)13-21-16-10-8-15(20)9-11-16/h3-12,21H,2,13H2,1H3. The average Bonchev–Trinajstić information content (AvgIpc) is 2.55. The Hall–Kier alpha value is -2.19. The number of benzene rings is 3. The van der Waals surface area contributed by atoms with E-state index in [1.165, 1.54) is 16.3 Å². The van der Waals surface area contributed by atoms with E-state index in [-0.39, 0.29) is 0 Å². The Morgan fingerprint density at radius 2 is 1.73 bits per heavy atom. The van der Waals surface area contributed by atoms with E-state index in [4.69, 9.17) is 16.3 Å². The minimum atomic E-state index is 0.659. The first kappa shape index (κ1) is 14.7. The van der Waals surface area contributed by atoms with E-state index in [2.05, 4.69) is 35.6 Å². The molecule has 0 atom stereocenters. The summed E-state index contributed by atoms with van der Waals surface area (Å²) in [6.45, 7) is 3.37. The second-order valence-corrected chi connectivity index (χ2v) is 5.49. The van der Waals surface area contributed by atoms with Crippen LogP contribution in [0.5, 0.6) is 5.75 Å². The summed E-state index contributed by atoms with van der Waals surface area (Å²) < 4.78 is 5.79. The van der Waals surface area contributed by atoms with Gasteiger partial charge >= 0.3 is 0 Å². The lowest BCUT2D eigenvalue weighted by Crippen LogP contribution is -2.04. The molecule has 0 saturated heterocycles. The van der Waals surface area contributed by atoms with Gasteiger partial charge in [0.15, 0.2) is 0 Å². The highest BCUT2D eigenvalue weighted by molar-refractivity contribution is 6.30. The Balaban J connectivity index is 1.93. The summed E-state index contributed by atoms with van der Waals surface area (Å²) in [6, 6.07) is 20.3. The van der Waals surface area contributed by atoms with Gasteiger partial charge in [0, 0.05) is 22.8 Å². The minimum absolute atomic E-state index is 0.659. The van der Waals surface area contributed by atoms with Crippen LogP contribution in [0.3, 0.4) is 0 Å². The molecule has 3 rings (SSSR count). The largest absolute Gasteiger partial charge is 0.494 e. The van der Waals surface area contributed by atoms with E-state index < -0.39 is 0 Å². The van der Waals surface area contributed by atoms with Crippen LogP contribution >= 0.6 is 11.6 Å². The molecule has 0 aliphatic rings. The molecule has 1 N–H and O–H groups in total. The molecule has 0 radical (unpaired) electrons. The van der Waals surface area contributed by atoms with Crippen LogP contribution in [0.25, 0.3) is 10.8 Å². The van der Waals surface area contributed by atoms with Gasteiger partial charge in [0.05, 0.1) is 6.61 Å². The summed E-state index contributed by atoms with van der Waals surface area (Å²) in [5, 5.41) is 6.62. The zero-order valence-corrected chi connectivity index (χ0v) is 13.2. The van der Waals surface area contributed by atoms with E-state index in [9.17, 15) is 0 Å². The monoisotopic (exact) mass is 311 g/mol. The van der Waals surface area contributed by atoms with Gasteiger partial charge in [-0.25, -0.2) is 0 Å². The predicted octanol–water partition coefficient (Wildman–Crippen LogP) is 5.50. The molecule has 0 bridgehead atoms. The van der Waals surface area contributed by atoms with Gasteiger partial charge in [0.1, 0.15) is 5.75 Å². The summed E-state index contributed by atoms with van der Waals surface area (Å²) in [7, 11) is 0. The molecule has 0 aromatic heterocycles.